The molecule has 0 fully saturated rings. The summed E-state index contributed by atoms with van der Waals surface area (Å²) in [6.45, 7) is 8.72. The molecule has 0 aromatic carbocycles. The van der Waals surface area contributed by atoms with Gasteiger partial charge in [-0.1, -0.05) is 27.7 Å². The van der Waals surface area contributed by atoms with Gasteiger partial charge in [-0.3, -0.25) is 4.40 Å². The maximum atomic E-state index is 4.29. The monoisotopic (exact) mass is 204 g/mol. The quantitative estimate of drug-likeness (QED) is 0.754. The predicted molar refractivity (Wildman–Crippen MR) is 59.0 cm³/mol. The Labute approximate surface area is 89.4 Å². The normalized spacial score (nSPS) is 11.9. The molecule has 0 aliphatic carbocycles. The summed E-state index contributed by atoms with van der Waals surface area (Å²) in [6, 6.07) is 0. The van der Waals surface area contributed by atoms with Gasteiger partial charge in [0.1, 0.15) is 6.33 Å². The van der Waals surface area contributed by atoms with Gasteiger partial charge in [0.2, 0.25) is 0 Å². The minimum absolute atomic E-state index is 0.448. The topological polar surface area (TPSA) is 43.1 Å². The molecular weight excluding hydrogens is 188 g/mol. The molecule has 0 aliphatic heterocycles. The third-order valence-corrected chi connectivity index (χ3v) is 2.57. The Balaban J connectivity index is 2.75. The smallest absolute Gasteiger partial charge is 0.254 e. The highest BCUT2D eigenvalue weighted by molar-refractivity contribution is 5.35. The fourth-order valence-corrected chi connectivity index (χ4v) is 1.88. The molecule has 2 rings (SSSR count). The molecule has 0 spiro atoms. The van der Waals surface area contributed by atoms with E-state index in [-0.39, 0.29) is 0 Å². The first kappa shape index (κ1) is 10.1. The number of rotatable bonds is 2. The molecule has 0 amide bonds. The Morgan fingerprint density at radius 3 is 2.47 bits per heavy atom. The molecule has 0 saturated heterocycles. The van der Waals surface area contributed by atoms with Gasteiger partial charge in [0.25, 0.3) is 5.78 Å². The van der Waals surface area contributed by atoms with Crippen molar-refractivity contribution >= 4 is 5.78 Å². The third-order valence-electron chi connectivity index (χ3n) is 2.57. The Hall–Kier alpha value is -1.45. The van der Waals surface area contributed by atoms with E-state index >= 15 is 0 Å². The Morgan fingerprint density at radius 1 is 1.13 bits per heavy atom. The lowest BCUT2D eigenvalue weighted by Gasteiger charge is -2.16. The van der Waals surface area contributed by atoms with Crippen LogP contribution >= 0.6 is 0 Å². The van der Waals surface area contributed by atoms with Crippen LogP contribution in [-0.2, 0) is 0 Å². The molecule has 0 unspecified atom stereocenters. The number of hydrogen-bond acceptors (Lipinski definition) is 3. The molecule has 2 aromatic heterocycles. The first-order chi connectivity index (χ1) is 7.11. The molecule has 0 aliphatic rings. The zero-order chi connectivity index (χ0) is 11.0. The Kier molecular flexibility index (Phi) is 2.42. The first-order valence-electron chi connectivity index (χ1n) is 5.29. The van der Waals surface area contributed by atoms with Crippen LogP contribution in [-0.4, -0.2) is 19.6 Å². The van der Waals surface area contributed by atoms with Crippen molar-refractivity contribution in [2.24, 2.45) is 0 Å². The maximum absolute atomic E-state index is 4.29. The van der Waals surface area contributed by atoms with Crippen molar-refractivity contribution in [1.29, 1.82) is 0 Å². The fourth-order valence-electron chi connectivity index (χ4n) is 1.88. The van der Waals surface area contributed by atoms with Crippen LogP contribution in [0.3, 0.4) is 0 Å². The van der Waals surface area contributed by atoms with Crippen LogP contribution in [0.5, 0.6) is 0 Å². The van der Waals surface area contributed by atoms with E-state index in [0.717, 1.165) is 0 Å². The Morgan fingerprint density at radius 2 is 1.87 bits per heavy atom. The molecule has 80 valence electrons. The average Bonchev–Trinajstić information content (AvgIpc) is 2.62. The van der Waals surface area contributed by atoms with Gasteiger partial charge in [0.05, 0.1) is 0 Å². The molecular formula is C11H16N4. The summed E-state index contributed by atoms with van der Waals surface area (Å²) in [7, 11) is 0. The van der Waals surface area contributed by atoms with Crippen LogP contribution in [0.2, 0.25) is 0 Å². The van der Waals surface area contributed by atoms with Gasteiger partial charge in [0.15, 0.2) is 0 Å². The van der Waals surface area contributed by atoms with Crippen LogP contribution in [0.25, 0.3) is 5.78 Å². The van der Waals surface area contributed by atoms with Crippen molar-refractivity contribution in [2.45, 2.75) is 39.5 Å². The SMILES string of the molecule is CC(C)c1cnc2nncn2c1C(C)C. The second-order valence-corrected chi connectivity index (χ2v) is 4.41. The molecule has 4 heteroatoms. The lowest BCUT2D eigenvalue weighted by molar-refractivity contribution is 0.732. The van der Waals surface area contributed by atoms with Crippen LogP contribution in [0, 0.1) is 0 Å². The van der Waals surface area contributed by atoms with Gasteiger partial charge in [-0.05, 0) is 17.4 Å². The summed E-state index contributed by atoms with van der Waals surface area (Å²) in [4.78, 5) is 4.29. The minimum Gasteiger partial charge on any atom is -0.269 e. The van der Waals surface area contributed by atoms with Gasteiger partial charge in [-0.25, -0.2) is 4.98 Å². The van der Waals surface area contributed by atoms with Gasteiger partial charge >= 0.3 is 0 Å². The average molecular weight is 204 g/mol. The lowest BCUT2D eigenvalue weighted by Crippen LogP contribution is -2.07. The lowest BCUT2D eigenvalue weighted by atomic mass is 9.97. The van der Waals surface area contributed by atoms with Crippen molar-refractivity contribution < 1.29 is 0 Å². The standard InChI is InChI=1S/C11H16N4/c1-7(2)9-5-12-11-14-13-6-15(11)10(9)8(3)4/h5-8H,1-4H3. The highest BCUT2D eigenvalue weighted by Crippen LogP contribution is 2.25. The van der Waals surface area contributed by atoms with Crippen LogP contribution in [0.4, 0.5) is 0 Å². The highest BCUT2D eigenvalue weighted by atomic mass is 15.3. The van der Waals surface area contributed by atoms with E-state index in [1.54, 1.807) is 6.33 Å². The first-order valence-corrected chi connectivity index (χ1v) is 5.29. The summed E-state index contributed by atoms with van der Waals surface area (Å²) in [5, 5.41) is 7.86. The zero-order valence-electron chi connectivity index (χ0n) is 9.60. The van der Waals surface area contributed by atoms with Crippen molar-refractivity contribution in [3.63, 3.8) is 0 Å². The number of nitrogens with zero attached hydrogens (tertiary/aromatic N) is 4. The van der Waals surface area contributed by atoms with E-state index in [1.807, 2.05) is 10.6 Å². The van der Waals surface area contributed by atoms with Crippen LogP contribution < -0.4 is 0 Å². The summed E-state index contributed by atoms with van der Waals surface area (Å²) >= 11 is 0. The van der Waals surface area contributed by atoms with E-state index in [0.29, 0.717) is 17.6 Å². The maximum Gasteiger partial charge on any atom is 0.254 e. The third kappa shape index (κ3) is 1.60. The predicted octanol–water partition coefficient (Wildman–Crippen LogP) is 2.37. The second-order valence-electron chi connectivity index (χ2n) is 4.41. The number of fused-ring (bicyclic) bond motifs is 1. The van der Waals surface area contributed by atoms with Crippen molar-refractivity contribution in [2.75, 3.05) is 0 Å². The van der Waals surface area contributed by atoms with Crippen molar-refractivity contribution in [3.8, 4) is 0 Å². The van der Waals surface area contributed by atoms with Crippen molar-refractivity contribution in [1.82, 2.24) is 19.6 Å². The van der Waals surface area contributed by atoms with Crippen LogP contribution in [0.15, 0.2) is 12.5 Å². The summed E-state index contributed by atoms with van der Waals surface area (Å²) < 4.78 is 1.99. The summed E-state index contributed by atoms with van der Waals surface area (Å²) in [5.41, 5.74) is 2.54. The van der Waals surface area contributed by atoms with Gasteiger partial charge in [-0.15, -0.1) is 10.2 Å². The van der Waals surface area contributed by atoms with E-state index in [4.69, 9.17) is 0 Å². The summed E-state index contributed by atoms with van der Waals surface area (Å²) in [5.74, 6) is 1.61. The Bertz CT molecular complexity index is 470. The molecule has 0 N–H and O–H groups in total. The van der Waals surface area contributed by atoms with E-state index in [2.05, 4.69) is 42.9 Å². The summed E-state index contributed by atoms with van der Waals surface area (Å²) in [6.07, 6.45) is 3.66. The molecule has 15 heavy (non-hydrogen) atoms. The molecule has 0 atom stereocenters. The molecule has 2 heterocycles. The largest absolute Gasteiger partial charge is 0.269 e. The molecule has 0 radical (unpaired) electrons. The number of hydrogen-bond donors (Lipinski definition) is 0. The molecule has 0 saturated carbocycles. The van der Waals surface area contributed by atoms with Gasteiger partial charge in [-0.2, -0.15) is 0 Å². The van der Waals surface area contributed by atoms with Crippen molar-refractivity contribution in [3.05, 3.63) is 23.8 Å². The zero-order valence-corrected chi connectivity index (χ0v) is 9.60. The van der Waals surface area contributed by atoms with Gasteiger partial charge in [0, 0.05) is 11.9 Å². The van der Waals surface area contributed by atoms with Crippen LogP contribution in [0.1, 0.15) is 50.8 Å². The number of aromatic nitrogens is 4. The highest BCUT2D eigenvalue weighted by Gasteiger charge is 2.14. The molecule has 4 nitrogen and oxygen atoms in total. The minimum atomic E-state index is 0.448. The molecule has 0 bridgehead atoms. The second kappa shape index (κ2) is 3.61. The van der Waals surface area contributed by atoms with E-state index in [9.17, 15) is 0 Å². The van der Waals surface area contributed by atoms with Gasteiger partial charge < -0.3 is 0 Å². The van der Waals surface area contributed by atoms with E-state index < -0.39 is 0 Å². The molecule has 2 aromatic rings. The van der Waals surface area contributed by atoms with E-state index in [1.165, 1.54) is 11.3 Å². The fraction of sp³-hybridized carbons (Fsp3) is 0.545.